The number of hydrogen-bond acceptors (Lipinski definition) is 7. The number of furan rings is 1. The van der Waals surface area contributed by atoms with Gasteiger partial charge in [0.05, 0.1) is 17.3 Å². The summed E-state index contributed by atoms with van der Waals surface area (Å²) >= 11 is 0. The summed E-state index contributed by atoms with van der Waals surface area (Å²) < 4.78 is 11.1. The highest BCUT2D eigenvalue weighted by Crippen LogP contribution is 2.29. The Balaban J connectivity index is 1.34. The Morgan fingerprint density at radius 2 is 1.90 bits per heavy atom. The molecule has 1 fully saturated rings. The number of nitriles is 1. The molecule has 30 heavy (non-hydrogen) atoms. The van der Waals surface area contributed by atoms with Crippen LogP contribution in [-0.2, 0) is 0 Å². The lowest BCUT2D eigenvalue weighted by Crippen LogP contribution is -2.49. The molecule has 8 heteroatoms. The zero-order valence-corrected chi connectivity index (χ0v) is 16.0. The number of fused-ring (bicyclic) bond motifs is 1. The van der Waals surface area contributed by atoms with E-state index in [1.54, 1.807) is 23.2 Å². The summed E-state index contributed by atoms with van der Waals surface area (Å²) in [5, 5.41) is 10.4. The van der Waals surface area contributed by atoms with Gasteiger partial charge >= 0.3 is 0 Å². The van der Waals surface area contributed by atoms with Gasteiger partial charge in [-0.2, -0.15) is 10.2 Å². The Hall–Kier alpha value is -4.12. The molecule has 4 aromatic rings. The van der Waals surface area contributed by atoms with E-state index in [9.17, 15) is 10.1 Å². The molecule has 0 spiro atoms. The summed E-state index contributed by atoms with van der Waals surface area (Å²) in [5.74, 6) is 1.10. The van der Waals surface area contributed by atoms with Gasteiger partial charge < -0.3 is 18.6 Å². The molecule has 148 valence electrons. The minimum Gasteiger partial charge on any atom is -0.459 e. The van der Waals surface area contributed by atoms with Crippen LogP contribution in [0, 0.1) is 11.3 Å². The Kier molecular flexibility index (Phi) is 4.41. The molecule has 5 rings (SSSR count). The van der Waals surface area contributed by atoms with Gasteiger partial charge in [-0.05, 0) is 24.3 Å². The Morgan fingerprint density at radius 1 is 1.07 bits per heavy atom. The van der Waals surface area contributed by atoms with Crippen LogP contribution in [0.25, 0.3) is 22.6 Å². The first-order chi connectivity index (χ1) is 14.7. The predicted octanol–water partition coefficient (Wildman–Crippen LogP) is 3.32. The van der Waals surface area contributed by atoms with E-state index in [0.29, 0.717) is 48.9 Å². The zero-order chi connectivity index (χ0) is 20.5. The third-order valence-corrected chi connectivity index (χ3v) is 5.16. The zero-order valence-electron chi connectivity index (χ0n) is 16.0. The normalized spacial score (nSPS) is 14.1. The van der Waals surface area contributed by atoms with Crippen molar-refractivity contribution in [3.63, 3.8) is 0 Å². The lowest BCUT2D eigenvalue weighted by molar-refractivity contribution is 0.0747. The van der Waals surface area contributed by atoms with Crippen molar-refractivity contribution in [1.29, 1.82) is 5.26 Å². The quantitative estimate of drug-likeness (QED) is 0.521. The molecular weight excluding hydrogens is 382 g/mol. The highest BCUT2D eigenvalue weighted by molar-refractivity contribution is 6.05. The van der Waals surface area contributed by atoms with Crippen molar-refractivity contribution >= 4 is 22.7 Å². The number of amides is 1. The van der Waals surface area contributed by atoms with Crippen LogP contribution in [0.4, 0.5) is 5.88 Å². The predicted molar refractivity (Wildman–Crippen MR) is 109 cm³/mol. The van der Waals surface area contributed by atoms with Gasteiger partial charge in [0.15, 0.2) is 5.76 Å². The molecule has 0 bridgehead atoms. The molecule has 0 N–H and O–H groups in total. The molecule has 1 aliphatic heterocycles. The molecule has 1 saturated heterocycles. The maximum absolute atomic E-state index is 13.1. The average Bonchev–Trinajstić information content (AvgIpc) is 3.48. The summed E-state index contributed by atoms with van der Waals surface area (Å²) in [4.78, 5) is 25.5. The maximum Gasteiger partial charge on any atom is 0.266 e. The third kappa shape index (κ3) is 3.06. The highest BCUT2D eigenvalue weighted by atomic mass is 16.4. The molecule has 0 radical (unpaired) electrons. The summed E-state index contributed by atoms with van der Waals surface area (Å²) in [6.07, 6.45) is 3.22. The van der Waals surface area contributed by atoms with Crippen molar-refractivity contribution in [2.45, 2.75) is 0 Å². The van der Waals surface area contributed by atoms with Gasteiger partial charge in [-0.15, -0.1) is 0 Å². The number of benzene rings is 1. The molecule has 8 nitrogen and oxygen atoms in total. The van der Waals surface area contributed by atoms with Crippen molar-refractivity contribution < 1.29 is 13.6 Å². The van der Waals surface area contributed by atoms with Crippen LogP contribution < -0.4 is 4.90 Å². The molecule has 0 aliphatic carbocycles. The van der Waals surface area contributed by atoms with Gasteiger partial charge in [0.2, 0.25) is 11.6 Å². The first-order valence-electron chi connectivity index (χ1n) is 9.57. The van der Waals surface area contributed by atoms with Crippen LogP contribution in [-0.4, -0.2) is 47.0 Å². The van der Waals surface area contributed by atoms with E-state index in [0.717, 1.165) is 5.39 Å². The molecule has 0 saturated carbocycles. The number of piperazine rings is 1. The van der Waals surface area contributed by atoms with Crippen molar-refractivity contribution in [3.8, 4) is 17.7 Å². The van der Waals surface area contributed by atoms with Crippen LogP contribution >= 0.6 is 0 Å². The number of carbonyl (C=O) groups is 1. The number of hydrogen-bond donors (Lipinski definition) is 0. The van der Waals surface area contributed by atoms with Crippen LogP contribution in [0.3, 0.4) is 0 Å². The molecule has 1 aromatic carbocycles. The standard InChI is InChI=1S/C22H17N5O3/c23-14-17-22(30-20(25-17)18-7-3-13-29-18)27-11-9-26(10-12-27)21(28)16-6-1-4-15-5-2-8-24-19(15)16/h1-8,13H,9-12H2. The molecule has 4 heterocycles. The van der Waals surface area contributed by atoms with Crippen LogP contribution in [0.1, 0.15) is 16.1 Å². The fraction of sp³-hybridized carbons (Fsp3) is 0.182. The summed E-state index contributed by atoms with van der Waals surface area (Å²) in [6, 6.07) is 15.0. The molecule has 1 aliphatic rings. The lowest BCUT2D eigenvalue weighted by atomic mass is 10.1. The van der Waals surface area contributed by atoms with Gasteiger partial charge in [0.25, 0.3) is 11.8 Å². The number of nitrogens with zero attached hydrogens (tertiary/aromatic N) is 5. The van der Waals surface area contributed by atoms with Crippen molar-refractivity contribution in [2.75, 3.05) is 31.1 Å². The Labute approximate surface area is 172 Å². The van der Waals surface area contributed by atoms with E-state index >= 15 is 0 Å². The maximum atomic E-state index is 13.1. The second-order valence-corrected chi connectivity index (χ2v) is 6.92. The molecule has 1 amide bonds. The summed E-state index contributed by atoms with van der Waals surface area (Å²) in [7, 11) is 0. The lowest BCUT2D eigenvalue weighted by Gasteiger charge is -2.34. The van der Waals surface area contributed by atoms with E-state index < -0.39 is 0 Å². The fourth-order valence-corrected chi connectivity index (χ4v) is 3.66. The molecular formula is C22H17N5O3. The number of anilines is 1. The van der Waals surface area contributed by atoms with Gasteiger partial charge in [0.1, 0.15) is 6.07 Å². The van der Waals surface area contributed by atoms with Gasteiger partial charge in [-0.3, -0.25) is 9.78 Å². The Morgan fingerprint density at radius 3 is 2.67 bits per heavy atom. The SMILES string of the molecule is N#Cc1nc(-c2ccco2)oc1N1CCN(C(=O)c2cccc3cccnc23)CC1. The van der Waals surface area contributed by atoms with Crippen LogP contribution in [0.15, 0.2) is 63.8 Å². The van der Waals surface area contributed by atoms with Crippen LogP contribution in [0.2, 0.25) is 0 Å². The second kappa shape index (κ2) is 7.37. The minimum absolute atomic E-state index is 0.0479. The van der Waals surface area contributed by atoms with Crippen LogP contribution in [0.5, 0.6) is 0 Å². The number of rotatable bonds is 3. The van der Waals surface area contributed by atoms with Crippen molar-refractivity contribution in [3.05, 3.63) is 66.2 Å². The third-order valence-electron chi connectivity index (χ3n) is 5.16. The van der Waals surface area contributed by atoms with Gasteiger partial charge in [-0.1, -0.05) is 18.2 Å². The Bertz CT molecular complexity index is 1240. The number of oxazole rings is 1. The monoisotopic (exact) mass is 399 g/mol. The van der Waals surface area contributed by atoms with E-state index in [2.05, 4.69) is 16.0 Å². The smallest absolute Gasteiger partial charge is 0.266 e. The summed E-state index contributed by atoms with van der Waals surface area (Å²) in [6.45, 7) is 2.07. The van der Waals surface area contributed by atoms with E-state index in [4.69, 9.17) is 8.83 Å². The topological polar surface area (TPSA) is 99.4 Å². The van der Waals surface area contributed by atoms with Crippen molar-refractivity contribution in [1.82, 2.24) is 14.9 Å². The second-order valence-electron chi connectivity index (χ2n) is 6.92. The largest absolute Gasteiger partial charge is 0.459 e. The van der Waals surface area contributed by atoms with E-state index in [-0.39, 0.29) is 17.5 Å². The van der Waals surface area contributed by atoms with E-state index in [1.807, 2.05) is 35.2 Å². The minimum atomic E-state index is -0.0479. The first-order valence-corrected chi connectivity index (χ1v) is 9.57. The van der Waals surface area contributed by atoms with E-state index in [1.165, 1.54) is 6.26 Å². The molecule has 0 atom stereocenters. The molecule has 3 aromatic heterocycles. The molecule has 0 unspecified atom stereocenters. The first kappa shape index (κ1) is 17.9. The number of pyridine rings is 1. The fourth-order valence-electron chi connectivity index (χ4n) is 3.66. The summed E-state index contributed by atoms with van der Waals surface area (Å²) in [5.41, 5.74) is 1.51. The van der Waals surface area contributed by atoms with Gasteiger partial charge in [0, 0.05) is 37.8 Å². The number of para-hydroxylation sites is 1. The number of aromatic nitrogens is 2. The van der Waals surface area contributed by atoms with Crippen molar-refractivity contribution in [2.24, 2.45) is 0 Å². The average molecular weight is 399 g/mol. The van der Waals surface area contributed by atoms with Gasteiger partial charge in [-0.25, -0.2) is 0 Å². The number of carbonyl (C=O) groups excluding carboxylic acids is 1. The highest BCUT2D eigenvalue weighted by Gasteiger charge is 2.28.